The summed E-state index contributed by atoms with van der Waals surface area (Å²) >= 11 is 0. The zero-order valence-corrected chi connectivity index (χ0v) is 19.0. The molecule has 1 fully saturated rings. The maximum atomic E-state index is 13.5. The molecular formula is C22H21F3N4O4S. The van der Waals surface area contributed by atoms with E-state index in [4.69, 9.17) is 0 Å². The number of aromatic nitrogens is 2. The van der Waals surface area contributed by atoms with E-state index in [0.717, 1.165) is 34.3 Å². The van der Waals surface area contributed by atoms with Crippen molar-refractivity contribution in [3.05, 3.63) is 71.5 Å². The molecule has 1 aromatic heterocycles. The normalized spacial score (nSPS) is 17.4. The molecule has 1 aliphatic heterocycles. The van der Waals surface area contributed by atoms with Crippen LogP contribution in [0.25, 0.3) is 5.69 Å². The Hall–Kier alpha value is -3.38. The Balaban J connectivity index is 1.74. The summed E-state index contributed by atoms with van der Waals surface area (Å²) in [5.74, 6) is -1.05. The highest BCUT2D eigenvalue weighted by molar-refractivity contribution is 7.89. The quantitative estimate of drug-likeness (QED) is 0.588. The van der Waals surface area contributed by atoms with Gasteiger partial charge in [0.15, 0.2) is 0 Å². The lowest BCUT2D eigenvalue weighted by Gasteiger charge is -2.34. The number of sulfonamides is 1. The fourth-order valence-electron chi connectivity index (χ4n) is 4.00. The smallest absolute Gasteiger partial charge is 0.406 e. The number of alkyl halides is 3. The minimum absolute atomic E-state index is 0.0189. The Morgan fingerprint density at radius 2 is 1.71 bits per heavy atom. The average molecular weight is 494 g/mol. The number of carbonyl (C=O) groups is 1. The van der Waals surface area contributed by atoms with Gasteiger partial charge in [0.1, 0.15) is 11.8 Å². The number of aryl methyl sites for hydroxylation is 1. The molecule has 3 aromatic rings. The van der Waals surface area contributed by atoms with Crippen LogP contribution >= 0.6 is 0 Å². The maximum Gasteiger partial charge on any atom is 0.573 e. The molecule has 34 heavy (non-hydrogen) atoms. The summed E-state index contributed by atoms with van der Waals surface area (Å²) in [6.45, 7) is 3.51. The Kier molecular flexibility index (Phi) is 6.13. The van der Waals surface area contributed by atoms with Gasteiger partial charge in [0.2, 0.25) is 15.9 Å². The first-order valence-electron chi connectivity index (χ1n) is 10.3. The van der Waals surface area contributed by atoms with Crippen LogP contribution in [0.3, 0.4) is 0 Å². The zero-order chi connectivity index (χ0) is 24.7. The van der Waals surface area contributed by atoms with Crippen molar-refractivity contribution in [1.29, 1.82) is 0 Å². The van der Waals surface area contributed by atoms with Crippen molar-refractivity contribution >= 4 is 15.9 Å². The number of hydrogen-bond donors (Lipinski definition) is 1. The second-order valence-corrected chi connectivity index (χ2v) is 9.55. The first-order valence-corrected chi connectivity index (χ1v) is 11.7. The monoisotopic (exact) mass is 494 g/mol. The number of carbonyl (C=O) groups excluding carboxylic acids is 1. The van der Waals surface area contributed by atoms with Crippen molar-refractivity contribution in [2.45, 2.75) is 31.1 Å². The molecule has 0 spiro atoms. The molecule has 4 rings (SSSR count). The van der Waals surface area contributed by atoms with Crippen LogP contribution in [-0.2, 0) is 14.8 Å². The number of ether oxygens (including phenoxy) is 1. The van der Waals surface area contributed by atoms with E-state index >= 15 is 0 Å². The van der Waals surface area contributed by atoms with Gasteiger partial charge in [0, 0.05) is 24.3 Å². The number of para-hydroxylation sites is 1. The lowest BCUT2D eigenvalue weighted by atomic mass is 10.0. The van der Waals surface area contributed by atoms with Crippen molar-refractivity contribution < 1.29 is 31.1 Å². The fourth-order valence-corrected chi connectivity index (χ4v) is 5.56. The second-order valence-electron chi connectivity index (χ2n) is 7.66. The molecule has 0 bridgehead atoms. The van der Waals surface area contributed by atoms with Crippen LogP contribution in [-0.4, -0.2) is 47.9 Å². The molecule has 1 amide bonds. The van der Waals surface area contributed by atoms with E-state index in [-0.39, 0.29) is 18.0 Å². The molecule has 0 aliphatic carbocycles. The number of amides is 1. The van der Waals surface area contributed by atoms with Gasteiger partial charge in [-0.15, -0.1) is 13.2 Å². The third kappa shape index (κ3) is 4.50. The van der Waals surface area contributed by atoms with Gasteiger partial charge in [-0.3, -0.25) is 4.79 Å². The first kappa shape index (κ1) is 23.8. The lowest BCUT2D eigenvalue weighted by molar-refractivity contribution is -0.274. The summed E-state index contributed by atoms with van der Waals surface area (Å²) in [7, 11) is -4.24. The third-order valence-electron chi connectivity index (χ3n) is 5.45. The molecule has 1 N–H and O–H groups in total. The topological polar surface area (TPSA) is 93.5 Å². The Morgan fingerprint density at radius 3 is 2.32 bits per heavy atom. The van der Waals surface area contributed by atoms with Crippen molar-refractivity contribution in [2.24, 2.45) is 0 Å². The largest absolute Gasteiger partial charge is 0.573 e. The highest BCUT2D eigenvalue weighted by Crippen LogP contribution is 2.34. The Morgan fingerprint density at radius 1 is 1.06 bits per heavy atom. The summed E-state index contributed by atoms with van der Waals surface area (Å²) < 4.78 is 70.8. The SMILES string of the molecule is Cc1nn(-c2ccccc2)c(C)c1[C@H]1C(=O)NCCN1S(=O)(=O)c1ccc(OC(F)(F)F)cc1. The number of benzene rings is 2. The van der Waals surface area contributed by atoms with Crippen molar-refractivity contribution in [3.8, 4) is 11.4 Å². The van der Waals surface area contributed by atoms with Gasteiger partial charge in [-0.05, 0) is 50.2 Å². The van der Waals surface area contributed by atoms with E-state index in [1.807, 2.05) is 30.3 Å². The number of nitrogens with zero attached hydrogens (tertiary/aromatic N) is 3. The predicted octanol–water partition coefficient (Wildman–Crippen LogP) is 3.25. The van der Waals surface area contributed by atoms with Gasteiger partial charge in [0.05, 0.1) is 16.3 Å². The minimum Gasteiger partial charge on any atom is -0.406 e. The number of nitrogens with one attached hydrogen (secondary N) is 1. The van der Waals surface area contributed by atoms with Gasteiger partial charge in [-0.2, -0.15) is 9.40 Å². The molecule has 2 heterocycles. The van der Waals surface area contributed by atoms with Crippen LogP contribution in [0.2, 0.25) is 0 Å². The molecule has 0 unspecified atom stereocenters. The van der Waals surface area contributed by atoms with E-state index in [1.54, 1.807) is 18.5 Å². The highest BCUT2D eigenvalue weighted by atomic mass is 32.2. The standard InChI is InChI=1S/C22H21F3N4O4S/c1-14-19(15(2)29(27-14)16-6-4-3-5-7-16)20-21(30)26-12-13-28(20)34(31,32)18-10-8-17(9-11-18)33-22(23,24)25/h3-11,20H,12-13H2,1-2H3,(H,26,30)/t20-/m0/s1. The summed E-state index contributed by atoms with van der Waals surface area (Å²) in [6, 6.07) is 11.9. The molecule has 1 aliphatic rings. The molecule has 1 atom stereocenters. The van der Waals surface area contributed by atoms with Gasteiger partial charge >= 0.3 is 6.36 Å². The van der Waals surface area contributed by atoms with E-state index in [2.05, 4.69) is 15.2 Å². The third-order valence-corrected chi connectivity index (χ3v) is 7.33. The minimum atomic E-state index is -4.90. The van der Waals surface area contributed by atoms with Gasteiger partial charge < -0.3 is 10.1 Å². The maximum absolute atomic E-state index is 13.5. The molecule has 0 radical (unpaired) electrons. The lowest BCUT2D eigenvalue weighted by Crippen LogP contribution is -2.52. The van der Waals surface area contributed by atoms with E-state index in [9.17, 15) is 26.4 Å². The van der Waals surface area contributed by atoms with E-state index < -0.39 is 34.1 Å². The molecule has 12 heteroatoms. The number of hydrogen-bond acceptors (Lipinski definition) is 5. The summed E-state index contributed by atoms with van der Waals surface area (Å²) in [5, 5.41) is 7.21. The van der Waals surface area contributed by atoms with Gasteiger partial charge in [-0.25, -0.2) is 13.1 Å². The molecular weight excluding hydrogens is 473 g/mol. The van der Waals surface area contributed by atoms with E-state index in [1.165, 1.54) is 0 Å². The molecule has 180 valence electrons. The number of rotatable bonds is 5. The fraction of sp³-hybridized carbons (Fsp3) is 0.273. The van der Waals surface area contributed by atoms with Crippen LogP contribution < -0.4 is 10.1 Å². The van der Waals surface area contributed by atoms with Crippen molar-refractivity contribution in [3.63, 3.8) is 0 Å². The zero-order valence-electron chi connectivity index (χ0n) is 18.2. The Labute approximate surface area is 194 Å². The van der Waals surface area contributed by atoms with Crippen molar-refractivity contribution in [2.75, 3.05) is 13.1 Å². The van der Waals surface area contributed by atoms with Crippen LogP contribution in [0.1, 0.15) is 23.0 Å². The van der Waals surface area contributed by atoms with Crippen LogP contribution in [0.5, 0.6) is 5.75 Å². The highest BCUT2D eigenvalue weighted by Gasteiger charge is 2.42. The summed E-state index contributed by atoms with van der Waals surface area (Å²) in [6.07, 6.45) is -4.90. The second kappa shape index (κ2) is 8.76. The number of halogens is 3. The molecule has 0 saturated carbocycles. The average Bonchev–Trinajstić information content (AvgIpc) is 3.07. The molecule has 8 nitrogen and oxygen atoms in total. The Bertz CT molecular complexity index is 1310. The first-order chi connectivity index (χ1) is 16.0. The number of piperazine rings is 1. The molecule has 1 saturated heterocycles. The van der Waals surface area contributed by atoms with Crippen LogP contribution in [0.15, 0.2) is 59.5 Å². The van der Waals surface area contributed by atoms with Crippen molar-refractivity contribution in [1.82, 2.24) is 19.4 Å². The van der Waals surface area contributed by atoms with Gasteiger partial charge in [0.25, 0.3) is 0 Å². The summed E-state index contributed by atoms with van der Waals surface area (Å²) in [5.41, 5.74) is 2.28. The molecule has 2 aromatic carbocycles. The van der Waals surface area contributed by atoms with Crippen LogP contribution in [0.4, 0.5) is 13.2 Å². The van der Waals surface area contributed by atoms with Gasteiger partial charge in [-0.1, -0.05) is 18.2 Å². The summed E-state index contributed by atoms with van der Waals surface area (Å²) in [4.78, 5) is 12.7. The van der Waals surface area contributed by atoms with Crippen LogP contribution in [0, 0.1) is 13.8 Å². The van der Waals surface area contributed by atoms with E-state index in [0.29, 0.717) is 17.0 Å². The predicted molar refractivity (Wildman–Crippen MR) is 116 cm³/mol.